The molecular weight excluding hydrogens is 410 g/mol. The summed E-state index contributed by atoms with van der Waals surface area (Å²) in [4.78, 5) is 18.8. The van der Waals surface area contributed by atoms with Gasteiger partial charge in [0, 0.05) is 24.7 Å². The van der Waals surface area contributed by atoms with E-state index in [2.05, 4.69) is 10.3 Å². The van der Waals surface area contributed by atoms with Crippen molar-refractivity contribution in [1.82, 2.24) is 15.2 Å². The maximum atomic E-state index is 12.4. The molecular formula is C21H24ClN3O3S. The van der Waals surface area contributed by atoms with Crippen LogP contribution in [0.25, 0.3) is 10.2 Å². The van der Waals surface area contributed by atoms with Gasteiger partial charge in [0.15, 0.2) is 0 Å². The highest BCUT2D eigenvalue weighted by atomic mass is 35.5. The minimum Gasteiger partial charge on any atom is -0.431 e. The number of halogens is 1. The topological polar surface area (TPSA) is 74.7 Å². The number of ether oxygens (including phenoxy) is 1. The lowest BCUT2D eigenvalue weighted by molar-refractivity contribution is -0.122. The number of rotatable bonds is 9. The molecule has 6 nitrogen and oxygen atoms in total. The zero-order valence-corrected chi connectivity index (χ0v) is 18.0. The first-order valence-electron chi connectivity index (χ1n) is 9.37. The maximum absolute atomic E-state index is 12.4. The van der Waals surface area contributed by atoms with Crippen molar-refractivity contribution >= 4 is 39.1 Å². The van der Waals surface area contributed by atoms with Gasteiger partial charge in [-0.15, -0.1) is 0 Å². The van der Waals surface area contributed by atoms with Gasteiger partial charge in [0.2, 0.25) is 5.91 Å². The summed E-state index contributed by atoms with van der Waals surface area (Å²) in [7, 11) is 1.91. The van der Waals surface area contributed by atoms with Crippen molar-refractivity contribution in [1.29, 1.82) is 0 Å². The molecule has 1 aromatic heterocycles. The monoisotopic (exact) mass is 433 g/mol. The fourth-order valence-corrected chi connectivity index (χ4v) is 3.91. The molecule has 0 aliphatic rings. The average molecular weight is 434 g/mol. The third kappa shape index (κ3) is 5.90. The van der Waals surface area contributed by atoms with Crippen LogP contribution in [0.5, 0.6) is 10.9 Å². The van der Waals surface area contributed by atoms with E-state index in [1.807, 2.05) is 55.3 Å². The normalized spacial score (nSPS) is 12.3. The van der Waals surface area contributed by atoms with E-state index in [1.165, 1.54) is 11.3 Å². The molecule has 0 radical (unpaired) electrons. The van der Waals surface area contributed by atoms with Gasteiger partial charge in [-0.05, 0) is 49.9 Å². The number of carbonyl (C=O) groups excluding carboxylic acids is 1. The second-order valence-electron chi connectivity index (χ2n) is 6.80. The Labute approximate surface area is 179 Å². The zero-order chi connectivity index (χ0) is 20.8. The number of aromatic nitrogens is 1. The number of benzene rings is 2. The van der Waals surface area contributed by atoms with Gasteiger partial charge in [-0.1, -0.05) is 35.1 Å². The molecule has 1 heterocycles. The molecule has 0 aliphatic heterocycles. The minimum atomic E-state index is -0.267. The predicted octanol–water partition coefficient (Wildman–Crippen LogP) is 3.89. The van der Waals surface area contributed by atoms with Crippen LogP contribution in [0, 0.1) is 0 Å². The molecule has 3 rings (SSSR count). The van der Waals surface area contributed by atoms with E-state index in [0.29, 0.717) is 35.6 Å². The largest absolute Gasteiger partial charge is 0.431 e. The Balaban J connectivity index is 1.56. The molecule has 0 saturated heterocycles. The number of amides is 1. The van der Waals surface area contributed by atoms with Gasteiger partial charge in [0.05, 0.1) is 22.7 Å². The van der Waals surface area contributed by atoms with Crippen LogP contribution < -0.4 is 10.1 Å². The number of likely N-dealkylation sites (N-methyl/N-ethyl adjacent to an activating group) is 1. The summed E-state index contributed by atoms with van der Waals surface area (Å²) in [6.45, 7) is 3.82. The van der Waals surface area contributed by atoms with E-state index in [4.69, 9.17) is 21.4 Å². The predicted molar refractivity (Wildman–Crippen MR) is 117 cm³/mol. The number of aliphatic hydroxyl groups excluding tert-OH is 1. The number of thiazole rings is 1. The molecule has 1 atom stereocenters. The molecule has 1 amide bonds. The van der Waals surface area contributed by atoms with E-state index in [1.54, 1.807) is 6.07 Å². The average Bonchev–Trinajstić information content (AvgIpc) is 3.09. The number of nitrogens with one attached hydrogen (secondary N) is 1. The SMILES string of the molecule is CC(C(=O)NCCN(C)CCO)c1ccc(Oc2nc3ccc(Cl)cc3s2)cc1. The van der Waals surface area contributed by atoms with E-state index >= 15 is 0 Å². The van der Waals surface area contributed by atoms with E-state index in [-0.39, 0.29) is 18.4 Å². The number of aliphatic hydroxyl groups is 1. The van der Waals surface area contributed by atoms with E-state index in [0.717, 1.165) is 15.8 Å². The number of hydrogen-bond donors (Lipinski definition) is 2. The molecule has 0 bridgehead atoms. The van der Waals surface area contributed by atoms with Gasteiger partial charge in [-0.2, -0.15) is 0 Å². The molecule has 8 heteroatoms. The standard InChI is InChI=1S/C21H24ClN3O3S/c1-14(20(27)23-9-10-25(2)11-12-26)15-3-6-17(7-4-15)28-21-24-18-8-5-16(22)13-19(18)29-21/h3-8,13-14,26H,9-12H2,1-2H3,(H,23,27). The maximum Gasteiger partial charge on any atom is 0.279 e. The molecule has 2 N–H and O–H groups in total. The Morgan fingerprint density at radius 3 is 2.76 bits per heavy atom. The second-order valence-corrected chi connectivity index (χ2v) is 8.23. The third-order valence-electron chi connectivity index (χ3n) is 4.58. The summed E-state index contributed by atoms with van der Waals surface area (Å²) >= 11 is 7.45. The van der Waals surface area contributed by atoms with Crippen molar-refractivity contribution in [3.63, 3.8) is 0 Å². The van der Waals surface area contributed by atoms with Gasteiger partial charge in [-0.25, -0.2) is 4.98 Å². The van der Waals surface area contributed by atoms with Crippen molar-refractivity contribution in [2.45, 2.75) is 12.8 Å². The Hall–Kier alpha value is -2.19. The van der Waals surface area contributed by atoms with Crippen molar-refractivity contribution in [3.8, 4) is 10.9 Å². The summed E-state index contributed by atoms with van der Waals surface area (Å²) in [6.07, 6.45) is 0. The van der Waals surface area contributed by atoms with Crippen LogP contribution in [0.2, 0.25) is 5.02 Å². The van der Waals surface area contributed by atoms with Crippen LogP contribution >= 0.6 is 22.9 Å². The molecule has 1 unspecified atom stereocenters. The number of fused-ring (bicyclic) bond motifs is 1. The molecule has 2 aromatic carbocycles. The fraction of sp³-hybridized carbons (Fsp3) is 0.333. The summed E-state index contributed by atoms with van der Waals surface area (Å²) in [5.41, 5.74) is 1.76. The lowest BCUT2D eigenvalue weighted by Crippen LogP contribution is -2.36. The molecule has 3 aromatic rings. The van der Waals surface area contributed by atoms with Crippen LogP contribution in [0.1, 0.15) is 18.4 Å². The molecule has 154 valence electrons. The summed E-state index contributed by atoms with van der Waals surface area (Å²) in [5, 5.41) is 13.0. The quantitative estimate of drug-likeness (QED) is 0.535. The third-order valence-corrected chi connectivity index (χ3v) is 5.72. The van der Waals surface area contributed by atoms with Crippen molar-refractivity contribution in [2.75, 3.05) is 33.3 Å². The first-order chi connectivity index (χ1) is 14.0. The Bertz CT molecular complexity index is 961. The molecule has 29 heavy (non-hydrogen) atoms. The highest BCUT2D eigenvalue weighted by Crippen LogP contribution is 2.33. The molecule has 0 spiro atoms. The van der Waals surface area contributed by atoms with E-state index in [9.17, 15) is 4.79 Å². The van der Waals surface area contributed by atoms with Crippen LogP contribution in [0.3, 0.4) is 0 Å². The minimum absolute atomic E-state index is 0.0286. The highest BCUT2D eigenvalue weighted by Gasteiger charge is 2.15. The highest BCUT2D eigenvalue weighted by molar-refractivity contribution is 7.20. The number of hydrogen-bond acceptors (Lipinski definition) is 6. The molecule has 0 saturated carbocycles. The summed E-state index contributed by atoms with van der Waals surface area (Å²) < 4.78 is 6.82. The van der Waals surface area contributed by atoms with Gasteiger partial charge >= 0.3 is 0 Å². The zero-order valence-electron chi connectivity index (χ0n) is 16.4. The smallest absolute Gasteiger partial charge is 0.279 e. The lowest BCUT2D eigenvalue weighted by Gasteiger charge is -2.17. The van der Waals surface area contributed by atoms with Crippen LogP contribution in [-0.2, 0) is 4.79 Å². The summed E-state index contributed by atoms with van der Waals surface area (Å²) in [6, 6.07) is 13.0. The number of nitrogens with zero attached hydrogens (tertiary/aromatic N) is 2. The van der Waals surface area contributed by atoms with Crippen LogP contribution in [-0.4, -0.2) is 54.2 Å². The van der Waals surface area contributed by atoms with Crippen LogP contribution in [0.4, 0.5) is 0 Å². The van der Waals surface area contributed by atoms with Gasteiger partial charge < -0.3 is 20.1 Å². The Morgan fingerprint density at radius 1 is 1.28 bits per heavy atom. The Morgan fingerprint density at radius 2 is 2.03 bits per heavy atom. The molecule has 0 fully saturated rings. The van der Waals surface area contributed by atoms with Crippen LogP contribution in [0.15, 0.2) is 42.5 Å². The van der Waals surface area contributed by atoms with Crippen molar-refractivity contribution < 1.29 is 14.6 Å². The second kappa shape index (κ2) is 10.0. The number of carbonyl (C=O) groups is 1. The van der Waals surface area contributed by atoms with Gasteiger partial charge in [0.1, 0.15) is 5.75 Å². The van der Waals surface area contributed by atoms with Gasteiger partial charge in [0.25, 0.3) is 5.19 Å². The van der Waals surface area contributed by atoms with Crippen molar-refractivity contribution in [2.24, 2.45) is 0 Å². The lowest BCUT2D eigenvalue weighted by atomic mass is 10.0. The summed E-state index contributed by atoms with van der Waals surface area (Å²) in [5.74, 6) is 0.369. The first-order valence-corrected chi connectivity index (χ1v) is 10.6. The van der Waals surface area contributed by atoms with E-state index < -0.39 is 0 Å². The Kier molecular flexibility index (Phi) is 7.44. The van der Waals surface area contributed by atoms with Gasteiger partial charge in [-0.3, -0.25) is 4.79 Å². The molecule has 0 aliphatic carbocycles. The van der Waals surface area contributed by atoms with Crippen molar-refractivity contribution in [3.05, 3.63) is 53.1 Å². The fourth-order valence-electron chi connectivity index (χ4n) is 2.80. The first kappa shape index (κ1) is 21.5.